The van der Waals surface area contributed by atoms with Crippen molar-refractivity contribution in [3.63, 3.8) is 0 Å². The molecule has 69 heavy (non-hydrogen) atoms. The standard InChI is InChI=1S/C18H15N5.C12H10ClN5.C6H7BO2.C6H4Cl2N4.C6H7N/c1-12-19-15-17(20-12)22-16(13-8-4-2-5-9-13)23-18(15)21-14-10-6-3-7-11-14;1-7-14-9-10(15-7)17-12(13)18-11(9)16-8-5-3-2-4-6-8;8-7(9)6-4-2-1-3-5-6;1-2-9-3-4(7)11-6(8)12-5(3)10-2;7-6-4-2-1-3-5-6/h2-11H,1H3,(H2,19,20,21,22,23);2-6H,1H3,(H2,14,15,16,17,18);1-5,8-9H;1H3,(H,9,10,11,12);1-5H,7H2. The second-order valence-corrected chi connectivity index (χ2v) is 15.7. The minimum absolute atomic E-state index is 0.110. The van der Waals surface area contributed by atoms with Crippen LogP contribution in [0.15, 0.2) is 152 Å². The summed E-state index contributed by atoms with van der Waals surface area (Å²) in [4.78, 5) is 47.2. The molecule has 6 heterocycles. The number of aryl methyl sites for hydroxylation is 3. The molecule has 0 amide bonds. The third-order valence-corrected chi connectivity index (χ3v) is 9.92. The molecule has 6 aromatic heterocycles. The second kappa shape index (κ2) is 23.6. The Morgan fingerprint density at radius 3 is 1.29 bits per heavy atom. The quantitative estimate of drug-likeness (QED) is 0.0334. The van der Waals surface area contributed by atoms with E-state index >= 15 is 0 Å². The van der Waals surface area contributed by atoms with Gasteiger partial charge in [-0.25, -0.2) is 29.9 Å². The monoisotopic (exact) mass is 977 g/mol. The van der Waals surface area contributed by atoms with Crippen LogP contribution < -0.4 is 21.8 Å². The number of fused-ring (bicyclic) bond motifs is 3. The normalized spacial score (nSPS) is 10.4. The highest BCUT2D eigenvalue weighted by Gasteiger charge is 2.14. The number of aromatic amines is 3. The number of nitrogens with zero attached hydrogens (tertiary/aromatic N) is 9. The van der Waals surface area contributed by atoms with Crippen molar-refractivity contribution in [2.24, 2.45) is 0 Å². The molecule has 0 aliphatic heterocycles. The number of hydrogen-bond acceptors (Lipinski definition) is 14. The van der Waals surface area contributed by atoms with Crippen LogP contribution in [0.5, 0.6) is 0 Å². The maximum Gasteiger partial charge on any atom is 0.488 e. The number of rotatable bonds is 6. The van der Waals surface area contributed by atoms with E-state index in [4.69, 9.17) is 50.6 Å². The van der Waals surface area contributed by atoms with Gasteiger partial charge in [0.2, 0.25) is 10.6 Å². The first-order valence-corrected chi connectivity index (χ1v) is 22.1. The largest absolute Gasteiger partial charge is 0.488 e. The molecule has 346 valence electrons. The van der Waals surface area contributed by atoms with Gasteiger partial charge in [0.05, 0.1) is 0 Å². The summed E-state index contributed by atoms with van der Waals surface area (Å²) < 4.78 is 0. The van der Waals surface area contributed by atoms with Gasteiger partial charge in [-0.15, -0.1) is 0 Å². The average Bonchev–Trinajstić information content (AvgIpc) is 4.05. The lowest BCUT2D eigenvalue weighted by molar-refractivity contribution is 0.426. The smallest absolute Gasteiger partial charge is 0.423 e. The zero-order valence-electron chi connectivity index (χ0n) is 37.1. The molecule has 0 fully saturated rings. The molecule has 0 bridgehead atoms. The van der Waals surface area contributed by atoms with Gasteiger partial charge in [0.25, 0.3) is 0 Å². The van der Waals surface area contributed by atoms with Gasteiger partial charge < -0.3 is 41.4 Å². The number of nitrogen functional groups attached to an aromatic ring is 1. The molecule has 0 aliphatic rings. The van der Waals surface area contributed by atoms with E-state index < -0.39 is 7.12 Å². The lowest BCUT2D eigenvalue weighted by Gasteiger charge is -2.08. The summed E-state index contributed by atoms with van der Waals surface area (Å²) in [5.74, 6) is 4.33. The first kappa shape index (κ1) is 48.9. The maximum absolute atomic E-state index is 8.58. The first-order chi connectivity index (χ1) is 33.4. The Labute approximate surface area is 410 Å². The van der Waals surface area contributed by atoms with Gasteiger partial charge in [0, 0.05) is 22.6 Å². The third kappa shape index (κ3) is 14.0. The van der Waals surface area contributed by atoms with E-state index in [-0.39, 0.29) is 10.6 Å². The summed E-state index contributed by atoms with van der Waals surface area (Å²) in [5, 5.41) is 24.3. The maximum atomic E-state index is 8.58. The summed E-state index contributed by atoms with van der Waals surface area (Å²) >= 11 is 17.2. The second-order valence-electron chi connectivity index (χ2n) is 14.6. The van der Waals surface area contributed by atoms with Crippen molar-refractivity contribution in [1.29, 1.82) is 0 Å². The number of benzene rings is 5. The molecule has 0 atom stereocenters. The Hall–Kier alpha value is -8.00. The first-order valence-electron chi connectivity index (χ1n) is 21.0. The highest BCUT2D eigenvalue weighted by molar-refractivity contribution is 6.58. The predicted octanol–water partition coefficient (Wildman–Crippen LogP) is 9.73. The van der Waals surface area contributed by atoms with Crippen molar-refractivity contribution in [2.75, 3.05) is 16.4 Å². The van der Waals surface area contributed by atoms with E-state index in [0.29, 0.717) is 44.7 Å². The minimum atomic E-state index is -1.34. The van der Waals surface area contributed by atoms with Crippen LogP contribution in [-0.4, -0.2) is 77.0 Å². The van der Waals surface area contributed by atoms with Crippen LogP contribution in [0.4, 0.5) is 28.7 Å². The van der Waals surface area contributed by atoms with Crippen molar-refractivity contribution >= 4 is 110 Å². The Kier molecular flexibility index (Phi) is 16.8. The van der Waals surface area contributed by atoms with Gasteiger partial charge in [0.15, 0.2) is 39.6 Å². The summed E-state index contributed by atoms with van der Waals surface area (Å²) in [7, 11) is -1.34. The molecule has 0 spiro atoms. The SMILES string of the molecule is Cc1nc2nc(-c3ccccc3)nc(Nc3ccccc3)c2[nH]1.Cc1nc2nc(Cl)nc(Cl)c2[nH]1.Cc1nc2nc(Cl)nc(Nc3ccccc3)c2[nH]1.Nc1ccccc1.OB(O)c1ccccc1. The molecule has 0 radical (unpaired) electrons. The fraction of sp³-hybridized carbons (Fsp3) is 0.0625. The minimum Gasteiger partial charge on any atom is -0.423 e. The van der Waals surface area contributed by atoms with E-state index in [1.165, 1.54) is 0 Å². The Balaban J connectivity index is 0.000000136. The number of anilines is 5. The van der Waals surface area contributed by atoms with Crippen molar-refractivity contribution in [3.05, 3.63) is 185 Å². The van der Waals surface area contributed by atoms with Crippen LogP contribution >= 0.6 is 34.8 Å². The van der Waals surface area contributed by atoms with Crippen molar-refractivity contribution in [2.45, 2.75) is 20.8 Å². The summed E-state index contributed by atoms with van der Waals surface area (Å²) in [6, 6.07) is 47.7. The molecule has 11 rings (SSSR count). The number of halogens is 3. The van der Waals surface area contributed by atoms with Crippen LogP contribution in [0, 0.1) is 20.8 Å². The zero-order chi connectivity index (χ0) is 48.7. The highest BCUT2D eigenvalue weighted by atomic mass is 35.5. The van der Waals surface area contributed by atoms with Gasteiger partial charge in [-0.05, 0) is 85.8 Å². The zero-order valence-corrected chi connectivity index (χ0v) is 39.4. The lowest BCUT2D eigenvalue weighted by Crippen LogP contribution is -2.29. The molecule has 0 aliphatic carbocycles. The number of aromatic nitrogens is 12. The summed E-state index contributed by atoms with van der Waals surface area (Å²) in [5.41, 5.74) is 13.5. The molecule has 17 nitrogen and oxygen atoms in total. The van der Waals surface area contributed by atoms with E-state index in [1.807, 2.05) is 148 Å². The average molecular weight is 979 g/mol. The molecule has 5 aromatic carbocycles. The predicted molar refractivity (Wildman–Crippen MR) is 276 cm³/mol. The van der Waals surface area contributed by atoms with Gasteiger partial charge in [0.1, 0.15) is 34.0 Å². The number of nitrogens with one attached hydrogen (secondary N) is 5. The van der Waals surface area contributed by atoms with Crippen molar-refractivity contribution < 1.29 is 10.0 Å². The van der Waals surface area contributed by atoms with Gasteiger partial charge >= 0.3 is 7.12 Å². The van der Waals surface area contributed by atoms with Crippen LogP contribution in [0.1, 0.15) is 17.5 Å². The fourth-order valence-electron chi connectivity index (χ4n) is 6.24. The summed E-state index contributed by atoms with van der Waals surface area (Å²) in [6.45, 7) is 5.59. The highest BCUT2D eigenvalue weighted by Crippen LogP contribution is 2.27. The van der Waals surface area contributed by atoms with E-state index in [2.05, 4.69) is 70.4 Å². The fourth-order valence-corrected chi connectivity index (χ4v) is 6.83. The van der Waals surface area contributed by atoms with Crippen molar-refractivity contribution in [3.8, 4) is 11.4 Å². The molecule has 9 N–H and O–H groups in total. The number of nitrogens with two attached hydrogens (primary N) is 1. The molecule has 0 saturated carbocycles. The van der Waals surface area contributed by atoms with Crippen LogP contribution in [-0.2, 0) is 0 Å². The Morgan fingerprint density at radius 2 is 0.841 bits per heavy atom. The number of hydrogen-bond donors (Lipinski definition) is 8. The number of imidazole rings is 3. The van der Waals surface area contributed by atoms with Gasteiger partial charge in [-0.2, -0.15) is 15.0 Å². The molecule has 11 aromatic rings. The van der Waals surface area contributed by atoms with Crippen molar-refractivity contribution in [1.82, 2.24) is 59.8 Å². The topological polar surface area (TPSA) is 254 Å². The Morgan fingerprint density at radius 1 is 0.449 bits per heavy atom. The van der Waals surface area contributed by atoms with E-state index in [0.717, 1.165) is 57.0 Å². The lowest BCUT2D eigenvalue weighted by atomic mass is 9.81. The Bertz CT molecular complexity index is 3350. The van der Waals surface area contributed by atoms with E-state index in [1.54, 1.807) is 24.3 Å². The van der Waals surface area contributed by atoms with E-state index in [9.17, 15) is 0 Å². The van der Waals surface area contributed by atoms with Crippen LogP contribution in [0.25, 0.3) is 44.9 Å². The summed E-state index contributed by atoms with van der Waals surface area (Å²) in [6.07, 6.45) is 0. The third-order valence-electron chi connectivity index (χ3n) is 9.31. The van der Waals surface area contributed by atoms with Gasteiger partial charge in [-0.3, -0.25) is 0 Å². The number of para-hydroxylation sites is 3. The van der Waals surface area contributed by atoms with Crippen LogP contribution in [0.3, 0.4) is 0 Å². The molecule has 0 saturated heterocycles. The van der Waals surface area contributed by atoms with Gasteiger partial charge in [-0.1, -0.05) is 127 Å². The molecule has 0 unspecified atom stereocenters. The number of H-pyrrole nitrogens is 3. The molecular weight excluding hydrogens is 936 g/mol. The molecule has 21 heteroatoms. The van der Waals surface area contributed by atoms with Crippen LogP contribution in [0.2, 0.25) is 15.7 Å². The molecular formula is C48H43BCl3N15O2.